The molecule has 4 rings (SSSR count). The van der Waals surface area contributed by atoms with E-state index < -0.39 is 21.8 Å². The van der Waals surface area contributed by atoms with E-state index in [0.717, 1.165) is 3.97 Å². The van der Waals surface area contributed by atoms with Gasteiger partial charge in [0.1, 0.15) is 5.82 Å². The van der Waals surface area contributed by atoms with Gasteiger partial charge in [-0.3, -0.25) is 4.79 Å². The molecule has 0 fully saturated rings. The molecule has 0 aliphatic heterocycles. The Bertz CT molecular complexity index is 1410. The fraction of sp³-hybridized carbons (Fsp3) is 0.0870. The van der Waals surface area contributed by atoms with E-state index in [1.165, 1.54) is 36.5 Å². The van der Waals surface area contributed by atoms with Gasteiger partial charge in [0.25, 0.3) is 10.0 Å². The molecular weight excluding hydrogens is 441 g/mol. The number of carbonyl (C=O) groups is 1. The Morgan fingerprint density at radius 1 is 1.03 bits per heavy atom. The highest BCUT2D eigenvalue weighted by molar-refractivity contribution is 7.90. The summed E-state index contributed by atoms with van der Waals surface area (Å²) in [5, 5.41) is 9.93. The van der Waals surface area contributed by atoms with Crippen LogP contribution in [0.3, 0.4) is 0 Å². The van der Waals surface area contributed by atoms with Gasteiger partial charge < -0.3 is 5.11 Å². The molecule has 0 aliphatic carbocycles. The molecule has 1 N–H and O–H groups in total. The zero-order valence-corrected chi connectivity index (χ0v) is 17.7. The second kappa shape index (κ2) is 8.17. The maximum atomic E-state index is 14.4. The molecule has 0 saturated heterocycles. The van der Waals surface area contributed by atoms with Gasteiger partial charge in [0.05, 0.1) is 10.4 Å². The lowest BCUT2D eigenvalue weighted by atomic mass is 10.1. The third kappa shape index (κ3) is 4.06. The van der Waals surface area contributed by atoms with Crippen LogP contribution in [-0.4, -0.2) is 23.5 Å². The number of hydrogen-bond acceptors (Lipinski definition) is 3. The Hall–Kier alpha value is -3.16. The van der Waals surface area contributed by atoms with Gasteiger partial charge in [-0.05, 0) is 53.9 Å². The number of aryl methyl sites for hydroxylation is 1. The third-order valence-corrected chi connectivity index (χ3v) is 6.91. The average Bonchev–Trinajstić information content (AvgIpc) is 3.12. The average molecular weight is 458 g/mol. The number of aliphatic carboxylic acids is 1. The number of hydrogen-bond donors (Lipinski definition) is 1. The molecule has 0 atom stereocenters. The lowest BCUT2D eigenvalue weighted by molar-refractivity contribution is -0.136. The predicted octanol–water partition coefficient (Wildman–Crippen LogP) is 5.36. The third-order valence-electron chi connectivity index (χ3n) is 5.00. The van der Waals surface area contributed by atoms with Crippen molar-refractivity contribution in [1.29, 1.82) is 0 Å². The molecule has 5 nitrogen and oxygen atoms in total. The Morgan fingerprint density at radius 3 is 2.55 bits per heavy atom. The molecule has 0 radical (unpaired) electrons. The fourth-order valence-electron chi connectivity index (χ4n) is 3.52. The van der Waals surface area contributed by atoms with Gasteiger partial charge >= 0.3 is 5.97 Å². The second-order valence-electron chi connectivity index (χ2n) is 7.02. The molecule has 1 aromatic heterocycles. The smallest absolute Gasteiger partial charge is 0.303 e. The molecule has 0 spiro atoms. The van der Waals surface area contributed by atoms with Gasteiger partial charge in [-0.1, -0.05) is 41.9 Å². The van der Waals surface area contributed by atoms with E-state index in [2.05, 4.69) is 0 Å². The highest BCUT2D eigenvalue weighted by atomic mass is 35.5. The first-order chi connectivity index (χ1) is 14.8. The van der Waals surface area contributed by atoms with Gasteiger partial charge in [-0.2, -0.15) is 0 Å². The van der Waals surface area contributed by atoms with Gasteiger partial charge in [0.2, 0.25) is 0 Å². The van der Waals surface area contributed by atoms with E-state index in [9.17, 15) is 17.6 Å². The molecule has 0 amide bonds. The number of carboxylic acids is 1. The number of carboxylic acid groups (broad SMARTS) is 1. The molecule has 0 saturated carbocycles. The minimum Gasteiger partial charge on any atom is -0.481 e. The van der Waals surface area contributed by atoms with E-state index in [1.54, 1.807) is 36.4 Å². The van der Waals surface area contributed by atoms with Crippen LogP contribution < -0.4 is 0 Å². The summed E-state index contributed by atoms with van der Waals surface area (Å²) in [5.41, 5.74) is 1.71. The molecule has 0 aliphatic rings. The first-order valence-electron chi connectivity index (χ1n) is 9.39. The van der Waals surface area contributed by atoms with Crippen molar-refractivity contribution in [3.8, 4) is 11.1 Å². The van der Waals surface area contributed by atoms with Crippen LogP contribution in [-0.2, 0) is 21.2 Å². The van der Waals surface area contributed by atoms with Crippen LogP contribution in [0.25, 0.3) is 22.0 Å². The van der Waals surface area contributed by atoms with Crippen molar-refractivity contribution in [2.45, 2.75) is 17.7 Å². The zero-order valence-electron chi connectivity index (χ0n) is 16.1. The molecule has 0 unspecified atom stereocenters. The zero-order chi connectivity index (χ0) is 22.2. The van der Waals surface area contributed by atoms with E-state index in [1.807, 2.05) is 0 Å². The van der Waals surface area contributed by atoms with Gasteiger partial charge in [-0.25, -0.2) is 16.8 Å². The summed E-state index contributed by atoms with van der Waals surface area (Å²) in [4.78, 5) is 11.0. The van der Waals surface area contributed by atoms with E-state index in [-0.39, 0.29) is 28.3 Å². The van der Waals surface area contributed by atoms with Crippen LogP contribution in [0.15, 0.2) is 77.8 Å². The first kappa shape index (κ1) is 21.1. The van der Waals surface area contributed by atoms with Crippen molar-refractivity contribution in [3.63, 3.8) is 0 Å². The standard InChI is InChI=1S/C23H17ClFNO4S/c24-17-9-10-19(21(25)13-17)15-4-3-5-18(12-15)31(29,30)26-14-16(8-11-23(27)28)20-6-1-2-7-22(20)26/h1-7,9-10,12-14H,8,11H2,(H,27,28). The summed E-state index contributed by atoms with van der Waals surface area (Å²) in [5.74, 6) is -1.51. The van der Waals surface area contributed by atoms with Crippen LogP contribution in [0.2, 0.25) is 5.02 Å². The van der Waals surface area contributed by atoms with Crippen molar-refractivity contribution >= 4 is 38.5 Å². The van der Waals surface area contributed by atoms with Crippen molar-refractivity contribution in [3.05, 3.63) is 89.3 Å². The molecule has 0 bridgehead atoms. The van der Waals surface area contributed by atoms with Crippen molar-refractivity contribution < 1.29 is 22.7 Å². The molecule has 3 aromatic carbocycles. The Labute approximate surface area is 183 Å². The van der Waals surface area contributed by atoms with E-state index in [0.29, 0.717) is 22.0 Å². The highest BCUT2D eigenvalue weighted by Gasteiger charge is 2.22. The van der Waals surface area contributed by atoms with Crippen LogP contribution in [0.5, 0.6) is 0 Å². The summed E-state index contributed by atoms with van der Waals surface area (Å²) >= 11 is 5.82. The summed E-state index contributed by atoms with van der Waals surface area (Å²) in [6.45, 7) is 0. The normalized spacial score (nSPS) is 11.7. The molecule has 1 heterocycles. The van der Waals surface area contributed by atoms with Crippen LogP contribution >= 0.6 is 11.6 Å². The molecular formula is C23H17ClFNO4S. The lowest BCUT2D eigenvalue weighted by Crippen LogP contribution is -2.12. The minimum absolute atomic E-state index is 0.00936. The number of para-hydroxylation sites is 1. The molecule has 8 heteroatoms. The van der Waals surface area contributed by atoms with Gasteiger partial charge in [-0.15, -0.1) is 0 Å². The van der Waals surface area contributed by atoms with Gasteiger partial charge in [0, 0.05) is 28.6 Å². The van der Waals surface area contributed by atoms with Crippen LogP contribution in [0, 0.1) is 5.82 Å². The Kier molecular flexibility index (Phi) is 5.56. The monoisotopic (exact) mass is 457 g/mol. The topological polar surface area (TPSA) is 76.4 Å². The largest absolute Gasteiger partial charge is 0.481 e. The quantitative estimate of drug-likeness (QED) is 0.423. The number of halogens is 2. The molecule has 158 valence electrons. The summed E-state index contributed by atoms with van der Waals surface area (Å²) < 4.78 is 42.4. The van der Waals surface area contributed by atoms with E-state index >= 15 is 0 Å². The second-order valence-corrected chi connectivity index (χ2v) is 9.27. The predicted molar refractivity (Wildman–Crippen MR) is 117 cm³/mol. The highest BCUT2D eigenvalue weighted by Crippen LogP contribution is 2.30. The summed E-state index contributed by atoms with van der Waals surface area (Å²) in [6.07, 6.45) is 1.55. The number of rotatable bonds is 6. The van der Waals surface area contributed by atoms with Crippen LogP contribution in [0.1, 0.15) is 12.0 Å². The first-order valence-corrected chi connectivity index (χ1v) is 11.2. The molecule has 4 aromatic rings. The van der Waals surface area contributed by atoms with Crippen molar-refractivity contribution in [1.82, 2.24) is 3.97 Å². The summed E-state index contributed by atoms with van der Waals surface area (Å²) in [6, 6.07) is 17.1. The number of benzene rings is 3. The number of fused-ring (bicyclic) bond motifs is 1. The maximum Gasteiger partial charge on any atom is 0.303 e. The van der Waals surface area contributed by atoms with Crippen molar-refractivity contribution in [2.75, 3.05) is 0 Å². The lowest BCUT2D eigenvalue weighted by Gasteiger charge is -2.10. The summed E-state index contributed by atoms with van der Waals surface area (Å²) in [7, 11) is -4.01. The minimum atomic E-state index is -4.01. The Balaban J connectivity index is 1.83. The van der Waals surface area contributed by atoms with E-state index in [4.69, 9.17) is 16.7 Å². The van der Waals surface area contributed by atoms with Gasteiger partial charge in [0.15, 0.2) is 0 Å². The molecule has 31 heavy (non-hydrogen) atoms. The maximum absolute atomic E-state index is 14.4. The number of nitrogens with zero attached hydrogens (tertiary/aromatic N) is 1. The Morgan fingerprint density at radius 2 is 1.81 bits per heavy atom. The van der Waals surface area contributed by atoms with Crippen molar-refractivity contribution in [2.24, 2.45) is 0 Å². The van der Waals surface area contributed by atoms with Crippen LogP contribution in [0.4, 0.5) is 4.39 Å². The number of aromatic nitrogens is 1. The fourth-order valence-corrected chi connectivity index (χ4v) is 5.12. The SMILES string of the molecule is O=C(O)CCc1cn(S(=O)(=O)c2cccc(-c3ccc(Cl)cc3F)c2)c2ccccc12.